The van der Waals surface area contributed by atoms with Crippen LogP contribution in [0.15, 0.2) is 16.6 Å². The highest BCUT2D eigenvalue weighted by molar-refractivity contribution is 9.10. The highest BCUT2D eigenvalue weighted by Gasteiger charge is 2.17. The summed E-state index contributed by atoms with van der Waals surface area (Å²) in [6.07, 6.45) is -0.408. The van der Waals surface area contributed by atoms with Gasteiger partial charge in [0.15, 0.2) is 6.10 Å². The molecule has 0 bridgehead atoms. The molecule has 4 nitrogen and oxygen atoms in total. The monoisotopic (exact) mass is 290 g/mol. The Labute approximate surface area is 101 Å². The molecule has 16 heavy (non-hydrogen) atoms. The van der Waals surface area contributed by atoms with Gasteiger partial charge in [0, 0.05) is 6.07 Å². The van der Waals surface area contributed by atoms with Crippen LogP contribution in [0.2, 0.25) is 0 Å². The van der Waals surface area contributed by atoms with Crippen LogP contribution in [-0.2, 0) is 4.79 Å². The number of carbonyl (C=O) groups excluding carboxylic acids is 1. The number of primary amides is 1. The van der Waals surface area contributed by atoms with E-state index in [4.69, 9.17) is 16.2 Å². The quantitative estimate of drug-likeness (QED) is 0.830. The van der Waals surface area contributed by atoms with E-state index in [1.165, 1.54) is 6.07 Å². The lowest BCUT2D eigenvalue weighted by molar-refractivity contribution is -0.124. The second-order valence-electron chi connectivity index (χ2n) is 3.22. The predicted octanol–water partition coefficient (Wildman–Crippen LogP) is 1.81. The van der Waals surface area contributed by atoms with Gasteiger partial charge in [-0.1, -0.05) is 6.92 Å². The highest BCUT2D eigenvalue weighted by Crippen LogP contribution is 2.29. The summed E-state index contributed by atoms with van der Waals surface area (Å²) in [7, 11) is 0. The zero-order valence-electron chi connectivity index (χ0n) is 8.67. The molecular formula is C10H12BrFN2O2. The Bertz CT molecular complexity index is 412. The number of rotatable bonds is 4. The summed E-state index contributed by atoms with van der Waals surface area (Å²) in [5.74, 6) is -1.000. The Kier molecular flexibility index (Phi) is 4.12. The number of nitrogen functional groups attached to an aromatic ring is 1. The molecule has 0 radical (unpaired) electrons. The van der Waals surface area contributed by atoms with Gasteiger partial charge in [-0.05, 0) is 28.4 Å². The molecule has 0 aliphatic rings. The molecule has 6 heteroatoms. The zero-order chi connectivity index (χ0) is 12.3. The van der Waals surface area contributed by atoms with Gasteiger partial charge in [-0.3, -0.25) is 4.79 Å². The summed E-state index contributed by atoms with van der Waals surface area (Å²) in [5.41, 5.74) is 11.0. The fourth-order valence-electron chi connectivity index (χ4n) is 1.14. The number of carbonyl (C=O) groups is 1. The third kappa shape index (κ3) is 2.85. The molecule has 0 fully saturated rings. The summed E-state index contributed by atoms with van der Waals surface area (Å²) in [6.45, 7) is 1.74. The van der Waals surface area contributed by atoms with Gasteiger partial charge in [-0.25, -0.2) is 4.39 Å². The molecule has 0 saturated heterocycles. The van der Waals surface area contributed by atoms with E-state index in [1.54, 1.807) is 6.92 Å². The van der Waals surface area contributed by atoms with Crippen molar-refractivity contribution < 1.29 is 13.9 Å². The summed E-state index contributed by atoms with van der Waals surface area (Å²) in [6, 6.07) is 2.49. The van der Waals surface area contributed by atoms with E-state index in [0.29, 0.717) is 6.42 Å². The van der Waals surface area contributed by atoms with E-state index in [-0.39, 0.29) is 15.9 Å². The van der Waals surface area contributed by atoms with Crippen LogP contribution < -0.4 is 16.2 Å². The molecule has 1 amide bonds. The van der Waals surface area contributed by atoms with Gasteiger partial charge < -0.3 is 16.2 Å². The van der Waals surface area contributed by atoms with Crippen LogP contribution in [0.3, 0.4) is 0 Å². The van der Waals surface area contributed by atoms with Crippen molar-refractivity contribution in [3.8, 4) is 5.75 Å². The summed E-state index contributed by atoms with van der Waals surface area (Å²) < 4.78 is 18.7. The molecule has 1 atom stereocenters. The normalized spacial score (nSPS) is 12.2. The molecule has 0 saturated carbocycles. The molecule has 1 aromatic carbocycles. The minimum Gasteiger partial charge on any atom is -0.478 e. The fraction of sp³-hybridized carbons (Fsp3) is 0.300. The van der Waals surface area contributed by atoms with Gasteiger partial charge in [0.05, 0.1) is 10.2 Å². The number of benzene rings is 1. The molecular weight excluding hydrogens is 279 g/mol. The van der Waals surface area contributed by atoms with Crippen LogP contribution >= 0.6 is 15.9 Å². The molecule has 88 valence electrons. The van der Waals surface area contributed by atoms with Crippen molar-refractivity contribution in [2.45, 2.75) is 19.4 Å². The maximum Gasteiger partial charge on any atom is 0.258 e. The van der Waals surface area contributed by atoms with Crippen molar-refractivity contribution >= 4 is 27.5 Å². The van der Waals surface area contributed by atoms with Gasteiger partial charge in [0.25, 0.3) is 5.91 Å². The molecule has 1 rings (SSSR count). The maximum absolute atomic E-state index is 13.2. The fourth-order valence-corrected chi connectivity index (χ4v) is 1.50. The summed E-state index contributed by atoms with van der Waals surface area (Å²) in [4.78, 5) is 11.0. The zero-order valence-corrected chi connectivity index (χ0v) is 10.3. The highest BCUT2D eigenvalue weighted by atomic mass is 79.9. The van der Waals surface area contributed by atoms with E-state index < -0.39 is 17.8 Å². The largest absolute Gasteiger partial charge is 0.478 e. The molecule has 0 aliphatic carbocycles. The molecule has 1 unspecified atom stereocenters. The molecule has 4 N–H and O–H groups in total. The van der Waals surface area contributed by atoms with Gasteiger partial charge >= 0.3 is 0 Å². The SMILES string of the molecule is CCC(Oc1cc(F)c(Br)cc1N)C(N)=O. The average molecular weight is 291 g/mol. The smallest absolute Gasteiger partial charge is 0.258 e. The van der Waals surface area contributed by atoms with Gasteiger partial charge in [-0.15, -0.1) is 0 Å². The first-order valence-corrected chi connectivity index (χ1v) is 5.45. The first-order chi connectivity index (χ1) is 7.45. The number of ether oxygens (including phenoxy) is 1. The van der Waals surface area contributed by atoms with Crippen molar-refractivity contribution in [3.63, 3.8) is 0 Å². The molecule has 0 aliphatic heterocycles. The number of hydrogen-bond acceptors (Lipinski definition) is 3. The van der Waals surface area contributed by atoms with Gasteiger partial charge in [-0.2, -0.15) is 0 Å². The standard InChI is InChI=1S/C10H12BrFN2O2/c1-2-8(10(14)15)16-9-4-6(12)5(11)3-7(9)13/h3-4,8H,2,13H2,1H3,(H2,14,15). The lowest BCUT2D eigenvalue weighted by Crippen LogP contribution is -2.33. The Morgan fingerprint density at radius 1 is 1.62 bits per heavy atom. The van der Waals surface area contributed by atoms with E-state index in [9.17, 15) is 9.18 Å². The van der Waals surface area contributed by atoms with Gasteiger partial charge in [0.2, 0.25) is 0 Å². The lowest BCUT2D eigenvalue weighted by atomic mass is 10.2. The molecule has 0 aromatic heterocycles. The Hall–Kier alpha value is -1.30. The summed E-state index contributed by atoms with van der Waals surface area (Å²) in [5, 5.41) is 0. The topological polar surface area (TPSA) is 78.3 Å². The van der Waals surface area contributed by atoms with Crippen molar-refractivity contribution in [2.75, 3.05) is 5.73 Å². The van der Waals surface area contributed by atoms with Gasteiger partial charge in [0.1, 0.15) is 11.6 Å². The average Bonchev–Trinajstić information content (AvgIpc) is 2.21. The number of anilines is 1. The number of halogens is 2. The first-order valence-electron chi connectivity index (χ1n) is 4.66. The number of nitrogens with two attached hydrogens (primary N) is 2. The third-order valence-electron chi connectivity index (χ3n) is 2.01. The molecule has 0 heterocycles. The van der Waals surface area contributed by atoms with E-state index in [0.717, 1.165) is 6.07 Å². The van der Waals surface area contributed by atoms with E-state index in [1.807, 2.05) is 0 Å². The van der Waals surface area contributed by atoms with Crippen LogP contribution in [0.25, 0.3) is 0 Å². The van der Waals surface area contributed by atoms with Crippen LogP contribution in [-0.4, -0.2) is 12.0 Å². The number of hydrogen-bond donors (Lipinski definition) is 2. The Balaban J connectivity index is 2.96. The van der Waals surface area contributed by atoms with Crippen LogP contribution in [0.1, 0.15) is 13.3 Å². The van der Waals surface area contributed by atoms with Crippen LogP contribution in [0.4, 0.5) is 10.1 Å². The van der Waals surface area contributed by atoms with Crippen molar-refractivity contribution in [1.82, 2.24) is 0 Å². The molecule has 1 aromatic rings. The van der Waals surface area contributed by atoms with Crippen LogP contribution in [0.5, 0.6) is 5.75 Å². The van der Waals surface area contributed by atoms with Crippen molar-refractivity contribution in [3.05, 3.63) is 22.4 Å². The molecule has 0 spiro atoms. The minimum absolute atomic E-state index is 0.117. The van der Waals surface area contributed by atoms with E-state index in [2.05, 4.69) is 15.9 Å². The minimum atomic E-state index is -0.803. The maximum atomic E-state index is 13.2. The first kappa shape index (κ1) is 12.8. The van der Waals surface area contributed by atoms with E-state index >= 15 is 0 Å². The Morgan fingerprint density at radius 2 is 2.25 bits per heavy atom. The van der Waals surface area contributed by atoms with Crippen LogP contribution in [0, 0.1) is 5.82 Å². The third-order valence-corrected chi connectivity index (χ3v) is 2.62. The second-order valence-corrected chi connectivity index (χ2v) is 4.08. The number of amides is 1. The second kappa shape index (κ2) is 5.16. The summed E-state index contributed by atoms with van der Waals surface area (Å²) >= 11 is 2.99. The Morgan fingerprint density at radius 3 is 2.75 bits per heavy atom. The lowest BCUT2D eigenvalue weighted by Gasteiger charge is -2.15. The van der Waals surface area contributed by atoms with Crippen molar-refractivity contribution in [1.29, 1.82) is 0 Å². The van der Waals surface area contributed by atoms with Crippen molar-refractivity contribution in [2.24, 2.45) is 5.73 Å². The predicted molar refractivity (Wildman–Crippen MR) is 62.4 cm³/mol.